The molecule has 2 aliphatic heterocycles. The molecule has 5 rings (SSSR count). The van der Waals surface area contributed by atoms with Gasteiger partial charge < -0.3 is 15.0 Å². The summed E-state index contributed by atoms with van der Waals surface area (Å²) in [5.41, 5.74) is 3.92. The molecule has 0 bridgehead atoms. The zero-order valence-electron chi connectivity index (χ0n) is 17.7. The van der Waals surface area contributed by atoms with Gasteiger partial charge in [-0.3, -0.25) is 0 Å². The van der Waals surface area contributed by atoms with E-state index >= 15 is 0 Å². The van der Waals surface area contributed by atoms with E-state index in [1.807, 2.05) is 6.20 Å². The van der Waals surface area contributed by atoms with Crippen molar-refractivity contribution in [3.63, 3.8) is 0 Å². The van der Waals surface area contributed by atoms with Crippen LogP contribution in [0.5, 0.6) is 0 Å². The smallest absolute Gasteiger partial charge is 0.125 e. The largest absolute Gasteiger partial charge is 0.377 e. The first-order chi connectivity index (χ1) is 14.8. The molecule has 2 unspecified atom stereocenters. The number of hydrogen-bond acceptors (Lipinski definition) is 5. The third-order valence-corrected chi connectivity index (χ3v) is 7.62. The van der Waals surface area contributed by atoms with E-state index in [2.05, 4.69) is 63.9 Å². The summed E-state index contributed by atoms with van der Waals surface area (Å²) in [4.78, 5) is 8.38. The topological polar surface area (TPSA) is 37.4 Å². The minimum Gasteiger partial charge on any atom is -0.377 e. The van der Waals surface area contributed by atoms with Crippen molar-refractivity contribution in [3.8, 4) is 11.1 Å². The summed E-state index contributed by atoms with van der Waals surface area (Å²) < 4.78 is 6.25. The van der Waals surface area contributed by atoms with Gasteiger partial charge in [-0.25, -0.2) is 4.98 Å². The van der Waals surface area contributed by atoms with E-state index < -0.39 is 0 Å². The Hall–Kier alpha value is -1.95. The summed E-state index contributed by atoms with van der Waals surface area (Å²) in [6, 6.07) is 13.5. The van der Waals surface area contributed by atoms with Crippen molar-refractivity contribution in [2.24, 2.45) is 5.92 Å². The fourth-order valence-corrected chi connectivity index (χ4v) is 6.21. The number of nitrogens with zero attached hydrogens (tertiary/aromatic N) is 2. The Morgan fingerprint density at radius 2 is 2.00 bits per heavy atom. The number of pyridine rings is 1. The maximum atomic E-state index is 6.25. The minimum absolute atomic E-state index is 0.359. The van der Waals surface area contributed by atoms with Gasteiger partial charge >= 0.3 is 0 Å². The van der Waals surface area contributed by atoms with Gasteiger partial charge in [-0.1, -0.05) is 30.3 Å². The molecular weight excluding hydrogens is 390 g/mol. The Balaban J connectivity index is 1.38. The number of benzene rings is 1. The monoisotopic (exact) mass is 421 g/mol. The van der Waals surface area contributed by atoms with E-state index in [-0.39, 0.29) is 0 Å². The summed E-state index contributed by atoms with van der Waals surface area (Å²) in [5, 5.41) is 7.26. The molecule has 5 heteroatoms. The zero-order valence-corrected chi connectivity index (χ0v) is 18.5. The number of ether oxygens (including phenoxy) is 1. The van der Waals surface area contributed by atoms with Crippen molar-refractivity contribution in [3.05, 3.63) is 48.0 Å². The fraction of sp³-hybridized carbons (Fsp3) is 0.480. The maximum Gasteiger partial charge on any atom is 0.125 e. The van der Waals surface area contributed by atoms with Crippen molar-refractivity contribution in [2.45, 2.75) is 44.8 Å². The first-order valence-electron chi connectivity index (χ1n) is 11.4. The predicted octanol–water partition coefficient (Wildman–Crippen LogP) is 5.34. The lowest BCUT2D eigenvalue weighted by molar-refractivity contribution is -0.00952. The van der Waals surface area contributed by atoms with E-state index in [9.17, 15) is 0 Å². The number of aromatic nitrogens is 1. The van der Waals surface area contributed by atoms with Crippen LogP contribution in [0.4, 0.5) is 5.69 Å². The van der Waals surface area contributed by atoms with Gasteiger partial charge in [0.15, 0.2) is 0 Å². The van der Waals surface area contributed by atoms with Gasteiger partial charge in [0.25, 0.3) is 0 Å². The molecule has 2 fully saturated rings. The number of piperidine rings is 1. The highest BCUT2D eigenvalue weighted by atomic mass is 32.1. The summed E-state index contributed by atoms with van der Waals surface area (Å²) in [6.07, 6.45) is 7.25. The van der Waals surface area contributed by atoms with Crippen molar-refractivity contribution in [2.75, 3.05) is 31.1 Å². The van der Waals surface area contributed by atoms with Gasteiger partial charge in [-0.2, -0.15) is 0 Å². The van der Waals surface area contributed by atoms with Gasteiger partial charge in [-0.15, -0.1) is 11.3 Å². The number of hydrogen-bond donors (Lipinski definition) is 1. The SMILES string of the molecule is CCOC(C1CCN(c2ccnc3scc(-c4ccccc4)c23)CC1)C1CCCN1. The quantitative estimate of drug-likeness (QED) is 0.583. The van der Waals surface area contributed by atoms with Gasteiger partial charge in [0.05, 0.1) is 6.10 Å². The number of nitrogens with one attached hydrogen (secondary N) is 1. The van der Waals surface area contributed by atoms with Gasteiger partial charge in [-0.05, 0) is 56.7 Å². The van der Waals surface area contributed by atoms with Crippen LogP contribution in [-0.4, -0.2) is 43.4 Å². The van der Waals surface area contributed by atoms with Crippen LogP contribution in [0.3, 0.4) is 0 Å². The Labute approximate surface area is 183 Å². The van der Waals surface area contributed by atoms with Crippen molar-refractivity contribution in [1.82, 2.24) is 10.3 Å². The third kappa shape index (κ3) is 3.86. The van der Waals surface area contributed by atoms with Gasteiger partial charge in [0.2, 0.25) is 0 Å². The first-order valence-corrected chi connectivity index (χ1v) is 12.2. The standard InChI is InChI=1S/C25H31N3OS/c1-2-29-24(21-9-6-13-26-21)19-11-15-28(16-12-19)22-10-14-27-25-23(22)20(17-30-25)18-7-4-3-5-8-18/h3-5,7-8,10,14,17,19,21,24,26H,2,6,9,11-13,15-16H2,1H3. The van der Waals surface area contributed by atoms with Crippen LogP contribution in [0, 0.1) is 5.92 Å². The van der Waals surface area contributed by atoms with Crippen molar-refractivity contribution < 1.29 is 4.74 Å². The lowest BCUT2D eigenvalue weighted by Crippen LogP contribution is -2.46. The predicted molar refractivity (Wildman–Crippen MR) is 126 cm³/mol. The summed E-state index contributed by atoms with van der Waals surface area (Å²) in [7, 11) is 0. The molecule has 0 radical (unpaired) electrons. The molecule has 1 N–H and O–H groups in total. The molecule has 2 aliphatic rings. The summed E-state index contributed by atoms with van der Waals surface area (Å²) >= 11 is 1.75. The number of anilines is 1. The van der Waals surface area contributed by atoms with Crippen LogP contribution in [0.2, 0.25) is 0 Å². The van der Waals surface area contributed by atoms with E-state index in [0.29, 0.717) is 18.1 Å². The second-order valence-electron chi connectivity index (χ2n) is 8.47. The molecule has 0 spiro atoms. The number of fused-ring (bicyclic) bond motifs is 1. The highest BCUT2D eigenvalue weighted by Gasteiger charge is 2.34. The number of thiophene rings is 1. The Morgan fingerprint density at radius 1 is 1.17 bits per heavy atom. The maximum absolute atomic E-state index is 6.25. The van der Waals surface area contributed by atoms with Crippen LogP contribution in [0.15, 0.2) is 48.0 Å². The van der Waals surface area contributed by atoms with E-state index in [1.165, 1.54) is 47.9 Å². The van der Waals surface area contributed by atoms with Gasteiger partial charge in [0, 0.05) is 54.0 Å². The summed E-state index contributed by atoms with van der Waals surface area (Å²) in [6.45, 7) is 6.26. The van der Waals surface area contributed by atoms with E-state index in [4.69, 9.17) is 4.74 Å². The lowest BCUT2D eigenvalue weighted by atomic mass is 9.86. The van der Waals surface area contributed by atoms with Crippen LogP contribution in [-0.2, 0) is 4.74 Å². The molecule has 0 aliphatic carbocycles. The second-order valence-corrected chi connectivity index (χ2v) is 9.33. The van der Waals surface area contributed by atoms with Crippen LogP contribution < -0.4 is 10.2 Å². The molecule has 158 valence electrons. The van der Waals surface area contributed by atoms with Crippen molar-refractivity contribution >= 4 is 27.2 Å². The molecule has 4 heterocycles. The molecule has 30 heavy (non-hydrogen) atoms. The van der Waals surface area contributed by atoms with Crippen LogP contribution in [0.1, 0.15) is 32.6 Å². The van der Waals surface area contributed by atoms with Crippen molar-refractivity contribution in [1.29, 1.82) is 0 Å². The molecule has 0 amide bonds. The molecule has 3 aromatic rings. The molecule has 2 aromatic heterocycles. The Morgan fingerprint density at radius 3 is 2.73 bits per heavy atom. The normalized spacial score (nSPS) is 21.4. The molecular formula is C25H31N3OS. The Kier molecular flexibility index (Phi) is 6.02. The van der Waals surface area contributed by atoms with E-state index in [1.54, 1.807) is 11.3 Å². The average Bonchev–Trinajstić information content (AvgIpc) is 3.48. The van der Waals surface area contributed by atoms with E-state index in [0.717, 1.165) is 31.1 Å². The molecule has 2 atom stereocenters. The third-order valence-electron chi connectivity index (χ3n) is 6.74. The van der Waals surface area contributed by atoms with Crippen LogP contribution >= 0.6 is 11.3 Å². The molecule has 4 nitrogen and oxygen atoms in total. The highest BCUT2D eigenvalue weighted by molar-refractivity contribution is 7.17. The second kappa shape index (κ2) is 9.04. The molecule has 0 saturated carbocycles. The highest BCUT2D eigenvalue weighted by Crippen LogP contribution is 2.40. The number of rotatable bonds is 6. The first kappa shape index (κ1) is 20.0. The fourth-order valence-electron chi connectivity index (χ4n) is 5.28. The molecule has 2 saturated heterocycles. The minimum atomic E-state index is 0.359. The zero-order chi connectivity index (χ0) is 20.3. The van der Waals surface area contributed by atoms with Crippen LogP contribution in [0.25, 0.3) is 21.3 Å². The average molecular weight is 422 g/mol. The lowest BCUT2D eigenvalue weighted by Gasteiger charge is -2.39. The Bertz CT molecular complexity index is 959. The molecule has 1 aromatic carbocycles. The summed E-state index contributed by atoms with van der Waals surface area (Å²) in [5.74, 6) is 0.644. The van der Waals surface area contributed by atoms with Gasteiger partial charge in [0.1, 0.15) is 4.83 Å².